The quantitative estimate of drug-likeness (QED) is 0.887. The third kappa shape index (κ3) is 3.37. The number of thiophene rings is 1. The summed E-state index contributed by atoms with van der Waals surface area (Å²) in [6.07, 6.45) is 0. The Hall–Kier alpha value is -1.85. The molecule has 0 unspecified atom stereocenters. The van der Waals surface area contributed by atoms with E-state index in [0.717, 1.165) is 10.4 Å². The fourth-order valence-electron chi connectivity index (χ4n) is 1.93. The van der Waals surface area contributed by atoms with Gasteiger partial charge in [-0.25, -0.2) is 0 Å². The molecule has 2 aromatic rings. The van der Waals surface area contributed by atoms with E-state index < -0.39 is 0 Å². The summed E-state index contributed by atoms with van der Waals surface area (Å²) >= 11 is 1.39. The lowest BCUT2D eigenvalue weighted by atomic mass is 10.2. The second kappa shape index (κ2) is 6.54. The Morgan fingerprint density at radius 3 is 2.60 bits per heavy atom. The van der Waals surface area contributed by atoms with Gasteiger partial charge in [0, 0.05) is 23.7 Å². The summed E-state index contributed by atoms with van der Waals surface area (Å²) in [6, 6.07) is 11.4. The summed E-state index contributed by atoms with van der Waals surface area (Å²) in [7, 11) is 0. The Morgan fingerprint density at radius 1 is 1.35 bits per heavy atom. The molecule has 0 saturated heterocycles. The normalized spacial score (nSPS) is 10.5. The second-order valence-electron chi connectivity index (χ2n) is 4.56. The number of anilines is 1. The van der Waals surface area contributed by atoms with Crippen LogP contribution in [-0.2, 0) is 6.54 Å². The predicted molar refractivity (Wildman–Crippen MR) is 81.7 cm³/mol. The van der Waals surface area contributed by atoms with Crippen molar-refractivity contribution in [1.29, 1.82) is 0 Å². The Bertz CT molecular complexity index is 561. The lowest BCUT2D eigenvalue weighted by Crippen LogP contribution is -2.32. The zero-order valence-corrected chi connectivity index (χ0v) is 12.2. The highest BCUT2D eigenvalue weighted by Crippen LogP contribution is 2.25. The average Bonchev–Trinajstić information content (AvgIpc) is 2.78. The van der Waals surface area contributed by atoms with Crippen molar-refractivity contribution in [1.82, 2.24) is 4.90 Å². The highest BCUT2D eigenvalue weighted by atomic mass is 32.1. The number of carbonyl (C=O) groups is 1. The smallest absolute Gasteiger partial charge is 0.264 e. The molecular formula is C15H18N2O2S. The topological polar surface area (TPSA) is 66.6 Å². The number of nitrogens with zero attached hydrogens (tertiary/aromatic N) is 1. The maximum atomic E-state index is 12.5. The van der Waals surface area contributed by atoms with Gasteiger partial charge in [0.2, 0.25) is 0 Å². The maximum Gasteiger partial charge on any atom is 0.264 e. The first-order valence-electron chi connectivity index (χ1n) is 6.41. The Labute approximate surface area is 122 Å². The summed E-state index contributed by atoms with van der Waals surface area (Å²) in [5.41, 5.74) is 7.47. The number of aliphatic hydroxyl groups excluding tert-OH is 1. The zero-order chi connectivity index (χ0) is 14.5. The number of hydrogen-bond acceptors (Lipinski definition) is 4. The van der Waals surface area contributed by atoms with E-state index in [1.807, 2.05) is 37.3 Å². The highest BCUT2D eigenvalue weighted by molar-refractivity contribution is 7.14. The van der Waals surface area contributed by atoms with E-state index in [-0.39, 0.29) is 12.5 Å². The van der Waals surface area contributed by atoms with Gasteiger partial charge in [-0.2, -0.15) is 0 Å². The largest absolute Gasteiger partial charge is 0.398 e. The van der Waals surface area contributed by atoms with E-state index in [0.29, 0.717) is 23.7 Å². The standard InChI is InChI=1S/C15H18N2O2S/c1-11-13(16)9-14(20-11)15(19)17(7-8-18)10-12-5-3-2-4-6-12/h2-6,9,18H,7-8,10,16H2,1H3. The number of carbonyl (C=O) groups excluding carboxylic acids is 1. The number of aliphatic hydroxyl groups is 1. The van der Waals surface area contributed by atoms with Crippen LogP contribution in [0, 0.1) is 6.92 Å². The van der Waals surface area contributed by atoms with Gasteiger partial charge in [-0.15, -0.1) is 11.3 Å². The summed E-state index contributed by atoms with van der Waals surface area (Å²) in [4.78, 5) is 15.7. The third-order valence-corrected chi connectivity index (χ3v) is 4.09. The van der Waals surface area contributed by atoms with Crippen molar-refractivity contribution in [3.63, 3.8) is 0 Å². The highest BCUT2D eigenvalue weighted by Gasteiger charge is 2.18. The molecule has 1 aromatic heterocycles. The molecular weight excluding hydrogens is 272 g/mol. The first-order valence-corrected chi connectivity index (χ1v) is 7.23. The van der Waals surface area contributed by atoms with Crippen LogP contribution in [0.4, 0.5) is 5.69 Å². The van der Waals surface area contributed by atoms with Crippen LogP contribution in [0.3, 0.4) is 0 Å². The van der Waals surface area contributed by atoms with Crippen molar-refractivity contribution >= 4 is 22.9 Å². The van der Waals surface area contributed by atoms with Gasteiger partial charge in [0.15, 0.2) is 0 Å². The van der Waals surface area contributed by atoms with Crippen LogP contribution in [0.2, 0.25) is 0 Å². The molecule has 5 heteroatoms. The molecule has 1 aromatic carbocycles. The molecule has 0 aliphatic rings. The van der Waals surface area contributed by atoms with Crippen molar-refractivity contribution in [2.45, 2.75) is 13.5 Å². The number of hydrogen-bond donors (Lipinski definition) is 2. The van der Waals surface area contributed by atoms with Crippen molar-refractivity contribution < 1.29 is 9.90 Å². The van der Waals surface area contributed by atoms with Crippen molar-refractivity contribution in [2.24, 2.45) is 0 Å². The number of amides is 1. The minimum Gasteiger partial charge on any atom is -0.398 e. The molecule has 0 atom stereocenters. The van der Waals surface area contributed by atoms with Crippen molar-refractivity contribution in [3.8, 4) is 0 Å². The van der Waals surface area contributed by atoms with Gasteiger partial charge in [-0.05, 0) is 18.6 Å². The van der Waals surface area contributed by atoms with Crippen LogP contribution in [0.5, 0.6) is 0 Å². The summed E-state index contributed by atoms with van der Waals surface area (Å²) < 4.78 is 0. The molecule has 1 amide bonds. The van der Waals surface area contributed by atoms with Crippen LogP contribution >= 0.6 is 11.3 Å². The second-order valence-corrected chi connectivity index (χ2v) is 5.81. The van der Waals surface area contributed by atoms with E-state index in [2.05, 4.69) is 0 Å². The summed E-state index contributed by atoms with van der Waals surface area (Å²) in [5.74, 6) is -0.0901. The molecule has 106 valence electrons. The first-order chi connectivity index (χ1) is 9.61. The predicted octanol–water partition coefficient (Wildman–Crippen LogP) is 2.27. The molecule has 0 radical (unpaired) electrons. The van der Waals surface area contributed by atoms with Gasteiger partial charge >= 0.3 is 0 Å². The first kappa shape index (κ1) is 14.6. The number of nitrogens with two attached hydrogens (primary N) is 1. The van der Waals surface area contributed by atoms with Gasteiger partial charge in [-0.3, -0.25) is 4.79 Å². The zero-order valence-electron chi connectivity index (χ0n) is 11.4. The van der Waals surface area contributed by atoms with Gasteiger partial charge < -0.3 is 15.7 Å². The average molecular weight is 290 g/mol. The summed E-state index contributed by atoms with van der Waals surface area (Å²) in [5, 5.41) is 9.16. The van der Waals surface area contributed by atoms with E-state index >= 15 is 0 Å². The lowest BCUT2D eigenvalue weighted by Gasteiger charge is -2.21. The maximum absolute atomic E-state index is 12.5. The molecule has 0 bridgehead atoms. The van der Waals surface area contributed by atoms with E-state index in [1.54, 1.807) is 11.0 Å². The molecule has 0 aliphatic heterocycles. The minimum absolute atomic E-state index is 0.0571. The van der Waals surface area contributed by atoms with Crippen LogP contribution in [0.15, 0.2) is 36.4 Å². The van der Waals surface area contributed by atoms with Crippen LogP contribution in [0.25, 0.3) is 0 Å². The Kier molecular flexibility index (Phi) is 4.76. The number of benzene rings is 1. The monoisotopic (exact) mass is 290 g/mol. The van der Waals surface area contributed by atoms with Gasteiger partial charge in [0.25, 0.3) is 5.91 Å². The van der Waals surface area contributed by atoms with Crippen molar-refractivity contribution in [3.05, 3.63) is 51.7 Å². The van der Waals surface area contributed by atoms with Gasteiger partial charge in [-0.1, -0.05) is 30.3 Å². The molecule has 0 fully saturated rings. The summed E-state index contributed by atoms with van der Waals surface area (Å²) in [6.45, 7) is 2.63. The van der Waals surface area contributed by atoms with Gasteiger partial charge in [0.05, 0.1) is 11.5 Å². The number of rotatable bonds is 5. The number of aryl methyl sites for hydroxylation is 1. The molecule has 3 N–H and O–H groups in total. The lowest BCUT2D eigenvalue weighted by molar-refractivity contribution is 0.0713. The minimum atomic E-state index is -0.0901. The molecule has 0 aliphatic carbocycles. The molecule has 0 saturated carbocycles. The Morgan fingerprint density at radius 2 is 2.05 bits per heavy atom. The van der Waals surface area contributed by atoms with E-state index in [4.69, 9.17) is 10.8 Å². The molecule has 2 rings (SSSR count). The van der Waals surface area contributed by atoms with Gasteiger partial charge in [0.1, 0.15) is 0 Å². The number of nitrogen functional groups attached to an aromatic ring is 1. The fourth-order valence-corrected chi connectivity index (χ4v) is 2.84. The third-order valence-electron chi connectivity index (χ3n) is 3.04. The van der Waals surface area contributed by atoms with Crippen molar-refractivity contribution in [2.75, 3.05) is 18.9 Å². The van der Waals surface area contributed by atoms with E-state index in [9.17, 15) is 4.79 Å². The molecule has 0 spiro atoms. The van der Waals surface area contributed by atoms with Crippen LogP contribution in [0.1, 0.15) is 20.1 Å². The molecule has 20 heavy (non-hydrogen) atoms. The fraction of sp³-hybridized carbons (Fsp3) is 0.267. The van der Waals surface area contributed by atoms with Crippen LogP contribution < -0.4 is 5.73 Å². The van der Waals surface area contributed by atoms with E-state index in [1.165, 1.54) is 11.3 Å². The molecule has 1 heterocycles. The Balaban J connectivity index is 2.17. The van der Waals surface area contributed by atoms with Crippen LogP contribution in [-0.4, -0.2) is 29.1 Å². The SMILES string of the molecule is Cc1sc(C(=O)N(CCO)Cc2ccccc2)cc1N. The molecule has 4 nitrogen and oxygen atoms in total.